The summed E-state index contributed by atoms with van der Waals surface area (Å²) in [6.45, 7) is 17.2. The van der Waals surface area contributed by atoms with Crippen LogP contribution in [-0.2, 0) is 44.8 Å². The monoisotopic (exact) mass is 1590 g/mol. The Labute approximate surface area is 515 Å². The summed E-state index contributed by atoms with van der Waals surface area (Å²) in [6, 6.07) is 106. The molecule has 0 fully saturated rings. The molecule has 0 bridgehead atoms. The molecule has 10 aromatic carbocycles. The first kappa shape index (κ1) is 70.1. The summed E-state index contributed by atoms with van der Waals surface area (Å²) < 4.78 is 72.4. The van der Waals surface area contributed by atoms with Gasteiger partial charge in [-0.3, -0.25) is 0 Å². The zero-order chi connectivity index (χ0) is 56.3. The van der Waals surface area contributed by atoms with Crippen LogP contribution in [0.15, 0.2) is 303 Å². The van der Waals surface area contributed by atoms with Gasteiger partial charge in [0.05, 0.1) is 0 Å². The van der Waals surface area contributed by atoms with Crippen LogP contribution in [0.5, 0.6) is 0 Å². The molecular formula is C64H58AsAu2Cl2O8P3-4. The fraction of sp³-hybridized carbons (Fsp3) is 0. The quantitative estimate of drug-likeness (QED) is 0.114. The Morgan fingerprint density at radius 2 is 0.388 bits per heavy atom. The van der Waals surface area contributed by atoms with Crippen molar-refractivity contribution in [2.45, 2.75) is 0 Å². The third-order valence-corrected chi connectivity index (χ3v) is 23.8. The molecule has 10 rings (SSSR count). The summed E-state index contributed by atoms with van der Waals surface area (Å²) in [5.74, 6) is 0. The van der Waals surface area contributed by atoms with Gasteiger partial charge in [-0.1, -0.05) is 164 Å². The molecule has 16 heteroatoms. The molecule has 0 aromatic heterocycles. The first-order chi connectivity index (χ1) is 37.3. The van der Waals surface area contributed by atoms with Crippen LogP contribution in [0, 0.1) is 47.1 Å². The van der Waals surface area contributed by atoms with E-state index in [1.165, 1.54) is 50.2 Å². The Morgan fingerprint density at radius 3 is 0.550 bits per heavy atom. The molecule has 0 saturated carbocycles. The molecule has 0 aliphatic rings. The van der Waals surface area contributed by atoms with Crippen molar-refractivity contribution in [2.24, 2.45) is 0 Å². The van der Waals surface area contributed by atoms with Gasteiger partial charge >= 0.3 is 119 Å². The number of hydrogen-bond donors (Lipinski definition) is 0. The van der Waals surface area contributed by atoms with Crippen LogP contribution in [0.1, 0.15) is 0 Å². The molecule has 0 spiro atoms. The van der Waals surface area contributed by atoms with Crippen LogP contribution in [-0.4, -0.2) is 14.7 Å². The molecule has 0 heterocycles. The van der Waals surface area contributed by atoms with Gasteiger partial charge in [0.2, 0.25) is 0 Å². The Morgan fingerprint density at radius 1 is 0.250 bits per heavy atom. The normalized spacial score (nSPS) is 10.8. The van der Waals surface area contributed by atoms with Crippen LogP contribution in [0.3, 0.4) is 0 Å². The second-order valence-electron chi connectivity index (χ2n) is 16.7. The average molecular weight is 1590 g/mol. The van der Waals surface area contributed by atoms with E-state index in [4.69, 9.17) is 37.3 Å². The third kappa shape index (κ3) is 25.5. The SMILES string of the molecule is [Au].[Au].[CH2-][P+]([CH2-])(c1ccccc1)c1ccccc1.[CH2-][P+]([CH2-])(c1ccccc1)c1ccccc1.[O-][Cl+3]([O-])([O-])[O-].[O-][Cl+3]([O-])([O-])[O-].c1ccc(P(c2ccccc2)c2ccccc2)cc1.c1ccc([As](c2ccccc2)c2ccccc2)cc1. The topological polar surface area (TPSA) is 184 Å². The van der Waals surface area contributed by atoms with Crippen molar-refractivity contribution in [2.75, 3.05) is 0 Å². The fourth-order valence-electron chi connectivity index (χ4n) is 7.51. The average Bonchev–Trinajstić information content (AvgIpc) is 3.48. The van der Waals surface area contributed by atoms with Crippen molar-refractivity contribution in [1.29, 1.82) is 0 Å². The Kier molecular flexibility index (Phi) is 31.9. The van der Waals surface area contributed by atoms with E-state index in [9.17, 15) is 0 Å². The number of benzene rings is 10. The maximum absolute atomic E-state index is 8.49. The summed E-state index contributed by atoms with van der Waals surface area (Å²) >= 11 is -1.39. The minimum absolute atomic E-state index is 0. The van der Waals surface area contributed by atoms with Crippen LogP contribution in [0.25, 0.3) is 0 Å². The summed E-state index contributed by atoms with van der Waals surface area (Å²) in [4.78, 5) is 0. The van der Waals surface area contributed by atoms with Crippen molar-refractivity contribution in [1.82, 2.24) is 0 Å². The van der Waals surface area contributed by atoms with Crippen LogP contribution >= 0.6 is 22.4 Å². The van der Waals surface area contributed by atoms with Gasteiger partial charge in [0.1, 0.15) is 0 Å². The van der Waals surface area contributed by atoms with Gasteiger partial charge in [-0.15, -0.1) is 20.5 Å². The second-order valence-corrected chi connectivity index (χ2v) is 31.0. The van der Waals surface area contributed by atoms with Crippen LogP contribution < -0.4 is 87.5 Å². The summed E-state index contributed by atoms with van der Waals surface area (Å²) in [5, 5.41) is 9.18. The molecule has 0 N–H and O–H groups in total. The summed E-state index contributed by atoms with van der Waals surface area (Å²) in [5.41, 5.74) is 0. The van der Waals surface area contributed by atoms with E-state index < -0.39 is 57.6 Å². The van der Waals surface area contributed by atoms with Crippen molar-refractivity contribution >= 4 is 87.3 Å². The standard InChI is InChI=1S/C18H15As.C18H15P.2C14H14P.2Au.2ClHO4/c2*1-4-10-16(11-5-1)19(17-12-6-2-7-13-17)18-14-8-3-9-15-18;2*1-15(2,13-9-5-3-6-10-13)14-11-7-4-8-12-14;;;2*2-1(3,4)5/h2*1-15H;2*3-12H,1-2H2;;;2*(H,2,3,4,5)/q;;2*-1;;;;/p-2. The molecule has 422 valence electrons. The van der Waals surface area contributed by atoms with Crippen molar-refractivity contribution in [3.8, 4) is 0 Å². The van der Waals surface area contributed by atoms with Gasteiger partial charge in [-0.05, 0) is 72.4 Å². The van der Waals surface area contributed by atoms with Gasteiger partial charge < -0.3 is 0 Å². The van der Waals surface area contributed by atoms with E-state index in [1.54, 1.807) is 0 Å². The van der Waals surface area contributed by atoms with Gasteiger partial charge in [0, 0.05) is 66.0 Å². The first-order valence-electron chi connectivity index (χ1n) is 23.8. The third-order valence-electron chi connectivity index (χ3n) is 11.1. The number of hydrogen-bond acceptors (Lipinski definition) is 8. The van der Waals surface area contributed by atoms with Crippen molar-refractivity contribution in [3.63, 3.8) is 0 Å². The molecule has 0 amide bonds. The zero-order valence-electron chi connectivity index (χ0n) is 43.1. The van der Waals surface area contributed by atoms with Crippen LogP contribution in [0.2, 0.25) is 0 Å². The van der Waals surface area contributed by atoms with E-state index in [0.29, 0.717) is 0 Å². The summed E-state index contributed by atoms with van der Waals surface area (Å²) in [7, 11) is -13.6. The molecule has 0 unspecified atom stereocenters. The predicted molar refractivity (Wildman–Crippen MR) is 309 cm³/mol. The molecule has 0 aliphatic heterocycles. The van der Waals surface area contributed by atoms with E-state index in [0.717, 1.165) is 0 Å². The Balaban J connectivity index is 0.000000264. The fourth-order valence-corrected chi connectivity index (χ4v) is 18.2. The molecule has 0 saturated heterocycles. The van der Waals surface area contributed by atoms with Crippen molar-refractivity contribution < 1.29 is 103 Å². The van der Waals surface area contributed by atoms with Gasteiger partial charge in [-0.25, -0.2) is 37.3 Å². The molecule has 8 nitrogen and oxygen atoms in total. The van der Waals surface area contributed by atoms with E-state index in [-0.39, 0.29) is 44.8 Å². The Bertz CT molecular complexity index is 2650. The van der Waals surface area contributed by atoms with Crippen LogP contribution in [0.4, 0.5) is 0 Å². The Hall–Kier alpha value is -4.21. The predicted octanol–water partition coefficient (Wildman–Crippen LogP) is 2.61. The summed E-state index contributed by atoms with van der Waals surface area (Å²) in [6.07, 6.45) is 0. The van der Waals surface area contributed by atoms with E-state index >= 15 is 0 Å². The first-order valence-corrected chi connectivity index (χ1v) is 34.8. The minimum atomic E-state index is -4.94. The van der Waals surface area contributed by atoms with E-state index in [2.05, 4.69) is 257 Å². The molecular weight excluding hydrogens is 1530 g/mol. The van der Waals surface area contributed by atoms with Gasteiger partial charge in [-0.2, -0.15) is 41.2 Å². The maximum atomic E-state index is 8.49. The molecule has 2 radical (unpaired) electrons. The molecule has 0 atom stereocenters. The molecule has 80 heavy (non-hydrogen) atoms. The second kappa shape index (κ2) is 36.4. The van der Waals surface area contributed by atoms with E-state index in [1.807, 2.05) is 72.8 Å². The molecule has 10 aromatic rings. The van der Waals surface area contributed by atoms with Crippen molar-refractivity contribution in [3.05, 3.63) is 330 Å². The zero-order valence-corrected chi connectivity index (χ0v) is 53.5. The van der Waals surface area contributed by atoms with Gasteiger partial charge in [0.25, 0.3) is 0 Å². The molecule has 0 aliphatic carbocycles. The number of halogens is 2. The number of rotatable bonds is 10. The van der Waals surface area contributed by atoms with Gasteiger partial charge in [0.15, 0.2) is 0 Å².